The number of anilines is 1. The molecule has 1 aliphatic carbocycles. The normalized spacial score (nSPS) is 18.6. The third-order valence-corrected chi connectivity index (χ3v) is 6.38. The first-order valence-corrected chi connectivity index (χ1v) is 10.0. The Morgan fingerprint density at radius 3 is 2.40 bits per heavy atom. The van der Waals surface area contributed by atoms with Gasteiger partial charge in [0, 0.05) is 30.7 Å². The Labute approximate surface area is 172 Å². The van der Waals surface area contributed by atoms with Crippen LogP contribution in [0.2, 0.25) is 0 Å². The Morgan fingerprint density at radius 2 is 1.90 bits per heavy atom. The fraction of sp³-hybridized carbons (Fsp3) is 0.524. The number of aromatic nitrogens is 1. The summed E-state index contributed by atoms with van der Waals surface area (Å²) in [5, 5.41) is 28.7. The summed E-state index contributed by atoms with van der Waals surface area (Å²) in [6.45, 7) is 0.517. The van der Waals surface area contributed by atoms with Crippen LogP contribution in [0, 0.1) is 11.2 Å². The molecule has 0 radical (unpaired) electrons. The maximum absolute atomic E-state index is 15.3. The number of hydrogen-bond acceptors (Lipinski definition) is 6. The molecule has 0 atom stereocenters. The van der Waals surface area contributed by atoms with Crippen molar-refractivity contribution in [2.45, 2.75) is 31.7 Å². The van der Waals surface area contributed by atoms with Crippen molar-refractivity contribution >= 4 is 22.6 Å². The van der Waals surface area contributed by atoms with Gasteiger partial charge in [0.15, 0.2) is 11.6 Å². The summed E-state index contributed by atoms with van der Waals surface area (Å²) >= 11 is 0. The van der Waals surface area contributed by atoms with Crippen LogP contribution in [0.5, 0.6) is 5.75 Å². The van der Waals surface area contributed by atoms with Crippen LogP contribution >= 0.6 is 0 Å². The van der Waals surface area contributed by atoms with Gasteiger partial charge in [-0.05, 0) is 31.7 Å². The fourth-order valence-electron chi connectivity index (χ4n) is 4.30. The van der Waals surface area contributed by atoms with Gasteiger partial charge in [-0.2, -0.15) is 0 Å². The number of benzene rings is 1. The van der Waals surface area contributed by atoms with E-state index < -0.39 is 28.2 Å². The molecule has 2 aliphatic rings. The van der Waals surface area contributed by atoms with E-state index in [1.54, 1.807) is 9.47 Å². The molecule has 0 unspecified atom stereocenters. The van der Waals surface area contributed by atoms with E-state index in [0.29, 0.717) is 31.4 Å². The van der Waals surface area contributed by atoms with Crippen LogP contribution in [0.15, 0.2) is 17.1 Å². The lowest BCUT2D eigenvalue weighted by Gasteiger charge is -2.41. The monoisotopic (exact) mass is 420 g/mol. The number of carboxylic acid groups (broad SMARTS) is 1. The number of aliphatic hydroxyl groups excluding tert-OH is 2. The highest BCUT2D eigenvalue weighted by atomic mass is 19.1. The standard InChI is InChI=1S/C21H25FN2O6/c1-30-19-16-13(18(27)14(20(28)29)9-24(16)12-2-3-12)8-15(22)17(19)23-6-4-21(10-25,11-26)5-7-23/h8-9,12,25-26H,2-7,10-11H2,1H3,(H,28,29). The van der Waals surface area contributed by atoms with Crippen LogP contribution in [0.25, 0.3) is 10.9 Å². The number of carboxylic acids is 1. The Morgan fingerprint density at radius 1 is 1.27 bits per heavy atom. The summed E-state index contributed by atoms with van der Waals surface area (Å²) in [5.74, 6) is -1.81. The average molecular weight is 420 g/mol. The summed E-state index contributed by atoms with van der Waals surface area (Å²) in [4.78, 5) is 26.1. The minimum atomic E-state index is -1.35. The minimum absolute atomic E-state index is 0.0167. The summed E-state index contributed by atoms with van der Waals surface area (Å²) in [6, 6.07) is 1.14. The summed E-state index contributed by atoms with van der Waals surface area (Å²) in [5.41, 5.74) is -1.11. The average Bonchev–Trinajstić information content (AvgIpc) is 3.59. The number of halogens is 1. The van der Waals surface area contributed by atoms with Crippen molar-refractivity contribution < 1.29 is 29.2 Å². The van der Waals surface area contributed by atoms with Gasteiger partial charge in [0.25, 0.3) is 0 Å². The molecule has 1 aromatic carbocycles. The van der Waals surface area contributed by atoms with Crippen molar-refractivity contribution in [1.82, 2.24) is 4.57 Å². The number of pyridine rings is 1. The zero-order chi connectivity index (χ0) is 21.6. The lowest BCUT2D eigenvalue weighted by atomic mass is 9.80. The molecule has 4 rings (SSSR count). The molecule has 3 N–H and O–H groups in total. The fourth-order valence-corrected chi connectivity index (χ4v) is 4.30. The van der Waals surface area contributed by atoms with E-state index in [9.17, 15) is 24.9 Å². The van der Waals surface area contributed by atoms with Gasteiger partial charge in [0.2, 0.25) is 5.43 Å². The predicted molar refractivity (Wildman–Crippen MR) is 108 cm³/mol. The first kappa shape index (κ1) is 20.6. The number of rotatable bonds is 6. The van der Waals surface area contributed by atoms with E-state index in [2.05, 4.69) is 0 Å². The lowest BCUT2D eigenvalue weighted by Crippen LogP contribution is -2.44. The second kappa shape index (κ2) is 7.55. The summed E-state index contributed by atoms with van der Waals surface area (Å²) in [6.07, 6.45) is 3.97. The van der Waals surface area contributed by atoms with Gasteiger partial charge < -0.3 is 29.5 Å². The van der Waals surface area contributed by atoms with Crippen molar-refractivity contribution in [3.8, 4) is 5.75 Å². The van der Waals surface area contributed by atoms with Gasteiger partial charge in [0.1, 0.15) is 11.3 Å². The molecule has 30 heavy (non-hydrogen) atoms. The quantitative estimate of drug-likeness (QED) is 0.653. The van der Waals surface area contributed by atoms with Crippen LogP contribution in [0.4, 0.5) is 10.1 Å². The molecule has 1 aromatic heterocycles. The van der Waals surface area contributed by atoms with Crippen LogP contribution in [0.1, 0.15) is 42.1 Å². The van der Waals surface area contributed by atoms with E-state index in [0.717, 1.165) is 18.9 Å². The molecular formula is C21H25FN2O6. The second-order valence-corrected chi connectivity index (χ2v) is 8.26. The maximum Gasteiger partial charge on any atom is 0.341 e. The number of hydrogen-bond donors (Lipinski definition) is 3. The van der Waals surface area contributed by atoms with Crippen LogP contribution in [-0.2, 0) is 0 Å². The van der Waals surface area contributed by atoms with Crippen LogP contribution in [0.3, 0.4) is 0 Å². The molecule has 2 heterocycles. The van der Waals surface area contributed by atoms with Crippen molar-refractivity contribution in [3.05, 3.63) is 33.9 Å². The van der Waals surface area contributed by atoms with Gasteiger partial charge >= 0.3 is 5.97 Å². The molecule has 8 nitrogen and oxygen atoms in total. The Hall–Kier alpha value is -2.65. The molecule has 1 saturated heterocycles. The van der Waals surface area contributed by atoms with Crippen LogP contribution < -0.4 is 15.1 Å². The molecule has 1 saturated carbocycles. The SMILES string of the molecule is COc1c(N2CCC(CO)(CO)CC2)c(F)cc2c(=O)c(C(=O)O)cn(C3CC3)c12. The van der Waals surface area contributed by atoms with Gasteiger partial charge in [-0.25, -0.2) is 9.18 Å². The zero-order valence-corrected chi connectivity index (χ0v) is 16.7. The van der Waals surface area contributed by atoms with Crippen LogP contribution in [-0.4, -0.2) is 59.3 Å². The molecule has 0 amide bonds. The molecule has 162 valence electrons. The molecular weight excluding hydrogens is 395 g/mol. The first-order chi connectivity index (χ1) is 14.4. The van der Waals surface area contributed by atoms with E-state index in [-0.39, 0.29) is 36.1 Å². The number of nitrogens with zero attached hydrogens (tertiary/aromatic N) is 2. The molecule has 1 aliphatic heterocycles. The highest BCUT2D eigenvalue weighted by Crippen LogP contribution is 2.45. The van der Waals surface area contributed by atoms with Gasteiger partial charge in [-0.3, -0.25) is 4.79 Å². The van der Waals surface area contributed by atoms with E-state index in [4.69, 9.17) is 4.74 Å². The molecule has 0 bridgehead atoms. The van der Waals surface area contributed by atoms with Gasteiger partial charge in [0.05, 0.1) is 31.2 Å². The predicted octanol–water partition coefficient (Wildman–Crippen LogP) is 1.75. The highest BCUT2D eigenvalue weighted by molar-refractivity contribution is 5.97. The Balaban J connectivity index is 1.89. The van der Waals surface area contributed by atoms with Crippen molar-refractivity contribution in [1.29, 1.82) is 0 Å². The topological polar surface area (TPSA) is 112 Å². The van der Waals surface area contributed by atoms with E-state index in [1.807, 2.05) is 0 Å². The van der Waals surface area contributed by atoms with E-state index in [1.165, 1.54) is 13.3 Å². The van der Waals surface area contributed by atoms with E-state index >= 15 is 4.39 Å². The Kier molecular flexibility index (Phi) is 5.19. The number of aliphatic hydroxyl groups is 2. The number of piperidine rings is 1. The number of ether oxygens (including phenoxy) is 1. The zero-order valence-electron chi connectivity index (χ0n) is 16.7. The maximum atomic E-state index is 15.3. The number of methoxy groups -OCH3 is 1. The summed E-state index contributed by atoms with van der Waals surface area (Å²) < 4.78 is 22.6. The number of carbonyl (C=O) groups is 1. The number of aromatic carboxylic acids is 1. The van der Waals surface area contributed by atoms with Gasteiger partial charge in [-0.15, -0.1) is 0 Å². The van der Waals surface area contributed by atoms with Crippen molar-refractivity contribution in [3.63, 3.8) is 0 Å². The highest BCUT2D eigenvalue weighted by Gasteiger charge is 2.36. The lowest BCUT2D eigenvalue weighted by molar-refractivity contribution is 0.0339. The number of fused-ring (bicyclic) bond motifs is 1. The first-order valence-electron chi connectivity index (χ1n) is 10.0. The second-order valence-electron chi connectivity index (χ2n) is 8.26. The molecule has 0 spiro atoms. The third-order valence-electron chi connectivity index (χ3n) is 6.38. The van der Waals surface area contributed by atoms with Crippen molar-refractivity contribution in [2.75, 3.05) is 38.3 Å². The largest absolute Gasteiger partial charge is 0.492 e. The summed E-state index contributed by atoms with van der Waals surface area (Å²) in [7, 11) is 1.40. The minimum Gasteiger partial charge on any atom is -0.492 e. The Bertz CT molecular complexity index is 1050. The third kappa shape index (κ3) is 3.22. The molecule has 9 heteroatoms. The molecule has 2 aromatic rings. The van der Waals surface area contributed by atoms with Crippen molar-refractivity contribution in [2.24, 2.45) is 5.41 Å². The van der Waals surface area contributed by atoms with Gasteiger partial charge in [-0.1, -0.05) is 0 Å². The molecule has 2 fully saturated rings. The smallest absolute Gasteiger partial charge is 0.341 e.